The number of hydrogen-bond acceptors (Lipinski definition) is 3. The maximum atomic E-state index is 12.9. The number of hydrazine groups is 1. The van der Waals surface area contributed by atoms with E-state index in [9.17, 15) is 4.39 Å². The molecule has 0 aliphatic heterocycles. The zero-order valence-corrected chi connectivity index (χ0v) is 8.21. The Labute approximate surface area is 82.7 Å². The third-order valence-corrected chi connectivity index (χ3v) is 1.77. The van der Waals surface area contributed by atoms with Gasteiger partial charge < -0.3 is 0 Å². The molecule has 0 saturated carbocycles. The van der Waals surface area contributed by atoms with Crippen molar-refractivity contribution >= 4 is 0 Å². The molecule has 0 atom stereocenters. The molecule has 0 radical (unpaired) electrons. The van der Waals surface area contributed by atoms with Gasteiger partial charge in [0.25, 0.3) is 0 Å². The average Bonchev–Trinajstić information content (AvgIpc) is 2.15. The maximum absolute atomic E-state index is 12.9. The predicted octanol–water partition coefficient (Wildman–Crippen LogP) is 1.26. The van der Waals surface area contributed by atoms with Gasteiger partial charge in [-0.3, -0.25) is 10.4 Å². The van der Waals surface area contributed by atoms with Crippen LogP contribution in [0.4, 0.5) is 4.39 Å². The Bertz CT molecular complexity index is 355. The van der Waals surface area contributed by atoms with Crippen LogP contribution >= 0.6 is 0 Å². The lowest BCUT2D eigenvalue weighted by Crippen LogP contribution is -2.29. The van der Waals surface area contributed by atoms with E-state index in [4.69, 9.17) is 5.26 Å². The number of hydrogen-bond donors (Lipinski definition) is 1. The summed E-state index contributed by atoms with van der Waals surface area (Å²) in [6.07, 6.45) is 0. The third-order valence-electron chi connectivity index (χ3n) is 1.77. The lowest BCUT2D eigenvalue weighted by Gasteiger charge is -2.12. The molecule has 0 aromatic heterocycles. The van der Waals surface area contributed by atoms with Crippen LogP contribution in [-0.2, 0) is 6.54 Å². The van der Waals surface area contributed by atoms with E-state index in [1.807, 2.05) is 20.2 Å². The van der Waals surface area contributed by atoms with E-state index < -0.39 is 0 Å². The lowest BCUT2D eigenvalue weighted by molar-refractivity contribution is 0.285. The largest absolute Gasteiger partial charge is 0.251 e. The fourth-order valence-electron chi connectivity index (χ4n) is 1.06. The molecule has 74 valence electrons. The van der Waals surface area contributed by atoms with Gasteiger partial charge >= 0.3 is 0 Å². The van der Waals surface area contributed by atoms with Crippen molar-refractivity contribution in [2.75, 3.05) is 14.1 Å². The smallest absolute Gasteiger partial charge is 0.123 e. The predicted molar refractivity (Wildman–Crippen MR) is 51.6 cm³/mol. The van der Waals surface area contributed by atoms with Crippen LogP contribution in [0, 0.1) is 17.1 Å². The van der Waals surface area contributed by atoms with Gasteiger partial charge in [0.05, 0.1) is 11.6 Å². The summed E-state index contributed by atoms with van der Waals surface area (Å²) in [5.41, 5.74) is 4.15. The number of benzene rings is 1. The van der Waals surface area contributed by atoms with E-state index >= 15 is 0 Å². The summed E-state index contributed by atoms with van der Waals surface area (Å²) in [4.78, 5) is 0. The van der Waals surface area contributed by atoms with Crippen molar-refractivity contribution < 1.29 is 4.39 Å². The van der Waals surface area contributed by atoms with Gasteiger partial charge in [-0.05, 0) is 23.8 Å². The highest BCUT2D eigenvalue weighted by Gasteiger charge is 2.03. The minimum absolute atomic E-state index is 0.320. The Morgan fingerprint density at radius 3 is 2.79 bits per heavy atom. The first-order valence-corrected chi connectivity index (χ1v) is 4.23. The second-order valence-electron chi connectivity index (χ2n) is 3.14. The van der Waals surface area contributed by atoms with Gasteiger partial charge in [0.2, 0.25) is 0 Å². The fourth-order valence-corrected chi connectivity index (χ4v) is 1.06. The van der Waals surface area contributed by atoms with Crippen LogP contribution in [-0.4, -0.2) is 19.1 Å². The monoisotopic (exact) mass is 193 g/mol. The highest BCUT2D eigenvalue weighted by Crippen LogP contribution is 2.09. The highest BCUT2D eigenvalue weighted by atomic mass is 19.1. The first-order valence-electron chi connectivity index (χ1n) is 4.23. The van der Waals surface area contributed by atoms with Crippen molar-refractivity contribution in [1.82, 2.24) is 10.4 Å². The van der Waals surface area contributed by atoms with E-state index in [0.29, 0.717) is 17.7 Å². The molecule has 1 aromatic rings. The van der Waals surface area contributed by atoms with Gasteiger partial charge in [0.15, 0.2) is 0 Å². The number of halogens is 1. The minimum Gasteiger partial charge on any atom is -0.251 e. The Morgan fingerprint density at radius 1 is 1.50 bits per heavy atom. The van der Waals surface area contributed by atoms with Crippen LogP contribution in [0.5, 0.6) is 0 Å². The van der Waals surface area contributed by atoms with E-state index in [2.05, 4.69) is 5.43 Å². The molecule has 1 aromatic carbocycles. The van der Waals surface area contributed by atoms with Crippen LogP contribution in [0.2, 0.25) is 0 Å². The SMILES string of the molecule is CN(C)NCc1cc(F)ccc1C#N. The second-order valence-corrected chi connectivity index (χ2v) is 3.14. The molecule has 1 rings (SSSR count). The lowest BCUT2D eigenvalue weighted by atomic mass is 10.1. The molecule has 0 aliphatic carbocycles. The Hall–Kier alpha value is -1.44. The second kappa shape index (κ2) is 4.70. The summed E-state index contributed by atoms with van der Waals surface area (Å²) in [7, 11) is 3.68. The van der Waals surface area contributed by atoms with Crippen molar-refractivity contribution in [3.05, 3.63) is 35.1 Å². The van der Waals surface area contributed by atoms with Crippen molar-refractivity contribution in [2.24, 2.45) is 0 Å². The van der Waals surface area contributed by atoms with Crippen LogP contribution in [0.3, 0.4) is 0 Å². The quantitative estimate of drug-likeness (QED) is 0.734. The van der Waals surface area contributed by atoms with E-state index in [1.165, 1.54) is 18.2 Å². The van der Waals surface area contributed by atoms with Gasteiger partial charge in [-0.15, -0.1) is 0 Å². The summed E-state index contributed by atoms with van der Waals surface area (Å²) in [5, 5.41) is 10.5. The molecule has 4 heteroatoms. The van der Waals surface area contributed by atoms with Crippen molar-refractivity contribution in [1.29, 1.82) is 5.26 Å². The third kappa shape index (κ3) is 2.80. The summed E-state index contributed by atoms with van der Waals surface area (Å²) in [5.74, 6) is -0.320. The van der Waals surface area contributed by atoms with E-state index in [-0.39, 0.29) is 5.82 Å². The summed E-state index contributed by atoms with van der Waals surface area (Å²) < 4.78 is 12.9. The fraction of sp³-hybridized carbons (Fsp3) is 0.300. The highest BCUT2D eigenvalue weighted by molar-refractivity contribution is 5.37. The molecule has 0 aliphatic rings. The zero-order valence-electron chi connectivity index (χ0n) is 8.21. The summed E-state index contributed by atoms with van der Waals surface area (Å²) in [6, 6.07) is 6.17. The number of nitriles is 1. The Kier molecular flexibility index (Phi) is 3.57. The van der Waals surface area contributed by atoms with Crippen LogP contribution < -0.4 is 5.43 Å². The van der Waals surface area contributed by atoms with Crippen molar-refractivity contribution in [2.45, 2.75) is 6.54 Å². The molecule has 0 fully saturated rings. The van der Waals surface area contributed by atoms with Crippen molar-refractivity contribution in [3.8, 4) is 6.07 Å². The first-order chi connectivity index (χ1) is 6.63. The molecule has 3 nitrogen and oxygen atoms in total. The van der Waals surface area contributed by atoms with Crippen LogP contribution in [0.1, 0.15) is 11.1 Å². The number of nitrogens with zero attached hydrogens (tertiary/aromatic N) is 2. The maximum Gasteiger partial charge on any atom is 0.123 e. The Morgan fingerprint density at radius 2 is 2.21 bits per heavy atom. The molecule has 0 spiro atoms. The summed E-state index contributed by atoms with van der Waals surface area (Å²) in [6.45, 7) is 0.452. The minimum atomic E-state index is -0.320. The molecule has 0 saturated heterocycles. The number of nitrogens with one attached hydrogen (secondary N) is 1. The summed E-state index contributed by atoms with van der Waals surface area (Å²) >= 11 is 0. The zero-order chi connectivity index (χ0) is 10.6. The number of rotatable bonds is 3. The molecule has 0 heterocycles. The van der Waals surface area contributed by atoms with Crippen LogP contribution in [0.25, 0.3) is 0 Å². The average molecular weight is 193 g/mol. The van der Waals surface area contributed by atoms with Gasteiger partial charge in [0, 0.05) is 20.6 Å². The standard InChI is InChI=1S/C10H12FN3/c1-14(2)13-7-9-5-10(11)4-3-8(9)6-12/h3-5,13H,7H2,1-2H3. The van der Waals surface area contributed by atoms with Crippen LogP contribution in [0.15, 0.2) is 18.2 Å². The van der Waals surface area contributed by atoms with E-state index in [0.717, 1.165) is 0 Å². The molecule has 1 N–H and O–H groups in total. The van der Waals surface area contributed by atoms with E-state index in [1.54, 1.807) is 5.01 Å². The van der Waals surface area contributed by atoms with Gasteiger partial charge in [-0.1, -0.05) is 0 Å². The topological polar surface area (TPSA) is 39.1 Å². The molecule has 0 unspecified atom stereocenters. The molecule has 0 bridgehead atoms. The van der Waals surface area contributed by atoms with Gasteiger partial charge in [-0.2, -0.15) is 5.26 Å². The normalized spacial score (nSPS) is 10.2. The van der Waals surface area contributed by atoms with Gasteiger partial charge in [-0.25, -0.2) is 4.39 Å². The molecule has 0 amide bonds. The molecular formula is C10H12FN3. The first kappa shape index (κ1) is 10.6. The van der Waals surface area contributed by atoms with Crippen molar-refractivity contribution in [3.63, 3.8) is 0 Å². The van der Waals surface area contributed by atoms with Gasteiger partial charge in [0.1, 0.15) is 5.82 Å². The Balaban J connectivity index is 2.84. The molecule has 14 heavy (non-hydrogen) atoms. The molecular weight excluding hydrogens is 181 g/mol.